The molecule has 3 atom stereocenters. The smallest absolute Gasteiger partial charge is 0.338 e. The van der Waals surface area contributed by atoms with Gasteiger partial charge in [0.2, 0.25) is 0 Å². The van der Waals surface area contributed by atoms with Gasteiger partial charge in [0, 0.05) is 5.92 Å². The van der Waals surface area contributed by atoms with Crippen molar-refractivity contribution in [1.29, 1.82) is 0 Å². The van der Waals surface area contributed by atoms with Gasteiger partial charge in [-0.25, -0.2) is 4.79 Å². The summed E-state index contributed by atoms with van der Waals surface area (Å²) in [6.45, 7) is 2.09. The standard InChI is InChI=1S/C22H20O2/c1-22(13-14-6-8-18(22)10-14)24-21(23)16-7-9-20-17(12-16)11-15-4-2-3-5-19(15)20/h2-9,12,14,18H,10-11,13H2,1H3. The molecule has 2 nitrogen and oxygen atoms in total. The summed E-state index contributed by atoms with van der Waals surface area (Å²) >= 11 is 0. The van der Waals surface area contributed by atoms with Crippen molar-refractivity contribution in [2.24, 2.45) is 11.8 Å². The van der Waals surface area contributed by atoms with E-state index in [0.717, 1.165) is 19.3 Å². The van der Waals surface area contributed by atoms with Crippen LogP contribution in [0.3, 0.4) is 0 Å². The Morgan fingerprint density at radius 2 is 1.92 bits per heavy atom. The Balaban J connectivity index is 1.42. The van der Waals surface area contributed by atoms with Crippen LogP contribution in [0, 0.1) is 11.8 Å². The van der Waals surface area contributed by atoms with E-state index in [-0.39, 0.29) is 11.6 Å². The van der Waals surface area contributed by atoms with E-state index in [1.807, 2.05) is 12.1 Å². The van der Waals surface area contributed by atoms with Gasteiger partial charge in [-0.3, -0.25) is 0 Å². The predicted octanol–water partition coefficient (Wildman–Crippen LogP) is 4.77. The van der Waals surface area contributed by atoms with Crippen molar-refractivity contribution in [3.8, 4) is 11.1 Å². The molecular formula is C22H20O2. The first-order valence-corrected chi connectivity index (χ1v) is 8.75. The van der Waals surface area contributed by atoms with Crippen molar-refractivity contribution < 1.29 is 9.53 Å². The van der Waals surface area contributed by atoms with E-state index >= 15 is 0 Å². The average Bonchev–Trinajstić information content (AvgIpc) is 3.25. The first kappa shape index (κ1) is 14.0. The summed E-state index contributed by atoms with van der Waals surface area (Å²) < 4.78 is 5.97. The number of ether oxygens (including phenoxy) is 1. The largest absolute Gasteiger partial charge is 0.455 e. The van der Waals surface area contributed by atoms with Crippen LogP contribution in [-0.2, 0) is 11.2 Å². The van der Waals surface area contributed by atoms with Crippen LogP contribution in [0.15, 0.2) is 54.6 Å². The van der Waals surface area contributed by atoms with Crippen molar-refractivity contribution in [3.05, 3.63) is 71.3 Å². The minimum absolute atomic E-state index is 0.183. The van der Waals surface area contributed by atoms with Crippen molar-refractivity contribution in [3.63, 3.8) is 0 Å². The van der Waals surface area contributed by atoms with E-state index in [1.165, 1.54) is 22.3 Å². The Morgan fingerprint density at radius 1 is 1.08 bits per heavy atom. The Hall–Kier alpha value is -2.35. The summed E-state index contributed by atoms with van der Waals surface area (Å²) in [6.07, 6.45) is 7.48. The third-order valence-corrected chi connectivity index (χ3v) is 5.98. The molecule has 24 heavy (non-hydrogen) atoms. The third kappa shape index (κ3) is 1.99. The Morgan fingerprint density at radius 3 is 2.71 bits per heavy atom. The maximum atomic E-state index is 12.7. The fraction of sp³-hybridized carbons (Fsp3) is 0.318. The molecule has 0 spiro atoms. The van der Waals surface area contributed by atoms with Gasteiger partial charge in [0.05, 0.1) is 5.56 Å². The molecular weight excluding hydrogens is 296 g/mol. The number of rotatable bonds is 2. The highest BCUT2D eigenvalue weighted by atomic mass is 16.6. The lowest BCUT2D eigenvalue weighted by Crippen LogP contribution is -2.35. The molecule has 2 aromatic rings. The third-order valence-electron chi connectivity index (χ3n) is 5.98. The Bertz CT molecular complexity index is 879. The van der Waals surface area contributed by atoms with Crippen LogP contribution in [0.25, 0.3) is 11.1 Å². The quantitative estimate of drug-likeness (QED) is 0.503. The van der Waals surface area contributed by atoms with Crippen LogP contribution in [0.1, 0.15) is 41.3 Å². The number of hydrogen-bond acceptors (Lipinski definition) is 2. The van der Waals surface area contributed by atoms with Crippen LogP contribution < -0.4 is 0 Å². The normalized spacial score (nSPS) is 28.7. The molecule has 3 aliphatic carbocycles. The molecule has 3 aliphatic rings. The molecule has 5 rings (SSSR count). The number of carbonyl (C=O) groups is 1. The molecule has 0 heterocycles. The van der Waals surface area contributed by atoms with E-state index in [1.54, 1.807) is 0 Å². The van der Waals surface area contributed by atoms with Crippen molar-refractivity contribution >= 4 is 5.97 Å². The maximum Gasteiger partial charge on any atom is 0.338 e. The van der Waals surface area contributed by atoms with Gasteiger partial charge in [-0.1, -0.05) is 42.5 Å². The number of carbonyl (C=O) groups excluding carboxylic acids is 1. The predicted molar refractivity (Wildman–Crippen MR) is 93.9 cm³/mol. The fourth-order valence-electron chi connectivity index (χ4n) is 4.71. The molecule has 120 valence electrons. The van der Waals surface area contributed by atoms with E-state index in [0.29, 0.717) is 17.4 Å². The molecule has 2 heteroatoms. The molecule has 0 saturated heterocycles. The monoisotopic (exact) mass is 316 g/mol. The maximum absolute atomic E-state index is 12.7. The van der Waals surface area contributed by atoms with Gasteiger partial charge >= 0.3 is 5.97 Å². The molecule has 2 aromatic carbocycles. The topological polar surface area (TPSA) is 26.3 Å². The highest BCUT2D eigenvalue weighted by Gasteiger charge is 2.48. The summed E-state index contributed by atoms with van der Waals surface area (Å²) in [5.74, 6) is 0.782. The second-order valence-corrected chi connectivity index (χ2v) is 7.60. The van der Waals surface area contributed by atoms with Crippen LogP contribution >= 0.6 is 0 Å². The SMILES string of the molecule is CC1(OC(=O)c2ccc3c(c2)Cc2ccccc2-3)CC2C=CC1C2. The zero-order valence-electron chi connectivity index (χ0n) is 13.8. The molecule has 0 radical (unpaired) electrons. The van der Waals surface area contributed by atoms with Gasteiger partial charge in [0.1, 0.15) is 5.60 Å². The summed E-state index contributed by atoms with van der Waals surface area (Å²) in [7, 11) is 0. The molecule has 0 aromatic heterocycles. The minimum atomic E-state index is -0.335. The fourth-order valence-corrected chi connectivity index (χ4v) is 4.71. The van der Waals surface area contributed by atoms with Crippen molar-refractivity contribution in [1.82, 2.24) is 0 Å². The zero-order valence-corrected chi connectivity index (χ0v) is 13.8. The average molecular weight is 316 g/mol. The lowest BCUT2D eigenvalue weighted by molar-refractivity contribution is -0.0218. The first-order chi connectivity index (χ1) is 11.6. The van der Waals surface area contributed by atoms with Crippen LogP contribution in [0.4, 0.5) is 0 Å². The second-order valence-electron chi connectivity index (χ2n) is 7.60. The number of esters is 1. The van der Waals surface area contributed by atoms with Gasteiger partial charge in [-0.15, -0.1) is 0 Å². The molecule has 0 aliphatic heterocycles. The van der Waals surface area contributed by atoms with Gasteiger partial charge < -0.3 is 4.74 Å². The van der Waals surface area contributed by atoms with Gasteiger partial charge in [0.15, 0.2) is 0 Å². The van der Waals surface area contributed by atoms with Crippen LogP contribution in [0.2, 0.25) is 0 Å². The number of fused-ring (bicyclic) bond motifs is 5. The zero-order chi connectivity index (χ0) is 16.3. The highest BCUT2D eigenvalue weighted by molar-refractivity contribution is 5.92. The van der Waals surface area contributed by atoms with Crippen LogP contribution in [-0.4, -0.2) is 11.6 Å². The molecule has 1 fully saturated rings. The van der Waals surface area contributed by atoms with Crippen molar-refractivity contribution in [2.75, 3.05) is 0 Å². The number of allylic oxidation sites excluding steroid dienone is 1. The number of hydrogen-bond donors (Lipinski definition) is 0. The summed E-state index contributed by atoms with van der Waals surface area (Å²) in [5, 5.41) is 0. The van der Waals surface area contributed by atoms with Crippen molar-refractivity contribution in [2.45, 2.75) is 31.8 Å². The second kappa shape index (κ2) is 4.83. The van der Waals surface area contributed by atoms with E-state index in [4.69, 9.17) is 4.74 Å². The molecule has 3 unspecified atom stereocenters. The summed E-state index contributed by atoms with van der Waals surface area (Å²) in [6, 6.07) is 14.5. The van der Waals surface area contributed by atoms with Gasteiger partial charge in [-0.05, 0) is 66.5 Å². The van der Waals surface area contributed by atoms with E-state index in [9.17, 15) is 4.79 Å². The molecule has 1 saturated carbocycles. The minimum Gasteiger partial charge on any atom is -0.455 e. The first-order valence-electron chi connectivity index (χ1n) is 8.75. The van der Waals surface area contributed by atoms with E-state index < -0.39 is 0 Å². The molecule has 0 amide bonds. The Labute approximate surface area is 142 Å². The van der Waals surface area contributed by atoms with Gasteiger partial charge in [-0.2, -0.15) is 0 Å². The van der Waals surface area contributed by atoms with Gasteiger partial charge in [0.25, 0.3) is 0 Å². The Kier molecular flexibility index (Phi) is 2.82. The lowest BCUT2D eigenvalue weighted by Gasteiger charge is -2.31. The number of benzene rings is 2. The highest BCUT2D eigenvalue weighted by Crippen LogP contribution is 2.48. The van der Waals surface area contributed by atoms with E-state index in [2.05, 4.69) is 49.4 Å². The molecule has 0 N–H and O–H groups in total. The summed E-state index contributed by atoms with van der Waals surface area (Å²) in [5.41, 5.74) is 5.44. The lowest BCUT2D eigenvalue weighted by atomic mass is 9.90. The summed E-state index contributed by atoms with van der Waals surface area (Å²) in [4.78, 5) is 12.7. The molecule has 2 bridgehead atoms. The van der Waals surface area contributed by atoms with Crippen LogP contribution in [0.5, 0.6) is 0 Å².